The van der Waals surface area contributed by atoms with Crippen molar-refractivity contribution < 1.29 is 13.9 Å². The van der Waals surface area contributed by atoms with Crippen LogP contribution in [0, 0.1) is 18.7 Å². The van der Waals surface area contributed by atoms with Crippen LogP contribution in [0.15, 0.2) is 16.9 Å². The zero-order chi connectivity index (χ0) is 21.7. The minimum Gasteiger partial charge on any atom is -0.450 e. The van der Waals surface area contributed by atoms with Gasteiger partial charge in [-0.15, -0.1) is 0 Å². The van der Waals surface area contributed by atoms with Crippen molar-refractivity contribution in [2.75, 3.05) is 26.2 Å². The van der Waals surface area contributed by atoms with Crippen LogP contribution in [0.25, 0.3) is 11.0 Å². The molecule has 1 aromatic carbocycles. The first-order valence-corrected chi connectivity index (χ1v) is 11.5. The fraction of sp³-hybridized carbons (Fsp3) is 0.652. The fourth-order valence-corrected chi connectivity index (χ4v) is 6.10. The molecule has 3 saturated heterocycles. The van der Waals surface area contributed by atoms with Crippen LogP contribution in [-0.2, 0) is 4.74 Å². The van der Waals surface area contributed by atoms with Crippen LogP contribution in [0.3, 0.4) is 0 Å². The molecule has 3 fully saturated rings. The Morgan fingerprint density at radius 2 is 1.94 bits per heavy atom. The number of aromatic nitrogens is 2. The number of piperidine rings is 1. The number of rotatable bonds is 4. The van der Waals surface area contributed by atoms with Gasteiger partial charge >= 0.3 is 11.8 Å². The number of amides is 1. The Balaban J connectivity index is 1.25. The van der Waals surface area contributed by atoms with Gasteiger partial charge < -0.3 is 19.5 Å². The van der Waals surface area contributed by atoms with Crippen LogP contribution in [0.2, 0.25) is 0 Å². The van der Waals surface area contributed by atoms with Crippen LogP contribution < -0.4 is 5.69 Å². The lowest BCUT2D eigenvalue weighted by atomic mass is 9.90. The van der Waals surface area contributed by atoms with E-state index in [1.54, 1.807) is 13.0 Å². The summed E-state index contributed by atoms with van der Waals surface area (Å²) >= 11 is 0. The van der Waals surface area contributed by atoms with Gasteiger partial charge in [0.1, 0.15) is 5.82 Å². The second-order valence-electron chi connectivity index (χ2n) is 9.45. The molecule has 0 aliphatic carbocycles. The molecule has 8 heteroatoms. The second-order valence-corrected chi connectivity index (χ2v) is 9.45. The highest BCUT2D eigenvalue weighted by Gasteiger charge is 2.44. The third kappa shape index (κ3) is 3.64. The third-order valence-electron chi connectivity index (χ3n) is 7.44. The lowest BCUT2D eigenvalue weighted by molar-refractivity contribution is 0.0546. The number of aryl methyl sites for hydroxylation is 1. The molecule has 1 amide bonds. The number of fused-ring (bicyclic) bond motifs is 3. The highest BCUT2D eigenvalue weighted by atomic mass is 19.1. The standard InChI is InChI=1S/C23H31FN4O3/c1-3-31-23(30)27-16-4-5-17(27)10-15(9-16)12-26-7-6-18(13-26)28-21-8-14(2)19(24)11-20(21)25-22(28)29/h8,11,15-18H,3-7,9-10,12-13H2,1-2H3,(H,25,29)/t15?,16-,17+,18-/m0/s1. The maximum atomic E-state index is 13.9. The molecular formula is C23H31FN4O3. The Morgan fingerprint density at radius 3 is 2.65 bits per heavy atom. The van der Waals surface area contributed by atoms with Crippen molar-refractivity contribution in [3.63, 3.8) is 0 Å². The van der Waals surface area contributed by atoms with E-state index in [0.717, 1.165) is 57.3 Å². The molecule has 31 heavy (non-hydrogen) atoms. The number of nitrogens with zero attached hydrogens (tertiary/aromatic N) is 3. The van der Waals surface area contributed by atoms with E-state index in [0.29, 0.717) is 35.7 Å². The van der Waals surface area contributed by atoms with Gasteiger partial charge in [-0.2, -0.15) is 0 Å². The number of likely N-dealkylation sites (tertiary alicyclic amines) is 1. The average Bonchev–Trinajstić information content (AvgIpc) is 3.37. The zero-order valence-electron chi connectivity index (χ0n) is 18.3. The first-order valence-electron chi connectivity index (χ1n) is 11.5. The Bertz CT molecular complexity index is 1030. The molecule has 3 aliphatic rings. The largest absolute Gasteiger partial charge is 0.450 e. The first-order chi connectivity index (χ1) is 14.9. The number of H-pyrrole nitrogens is 1. The number of imidazole rings is 1. The van der Waals surface area contributed by atoms with Crippen molar-refractivity contribution in [1.29, 1.82) is 0 Å². The Labute approximate surface area is 181 Å². The zero-order valence-corrected chi connectivity index (χ0v) is 18.3. The van der Waals surface area contributed by atoms with Crippen molar-refractivity contribution >= 4 is 17.1 Å². The predicted molar refractivity (Wildman–Crippen MR) is 116 cm³/mol. The summed E-state index contributed by atoms with van der Waals surface area (Å²) in [6, 6.07) is 3.89. The molecule has 2 aromatic rings. The van der Waals surface area contributed by atoms with E-state index >= 15 is 0 Å². The van der Waals surface area contributed by atoms with Crippen molar-refractivity contribution in [2.24, 2.45) is 5.92 Å². The van der Waals surface area contributed by atoms with Crippen LogP contribution in [0.5, 0.6) is 0 Å². The monoisotopic (exact) mass is 430 g/mol. The van der Waals surface area contributed by atoms with Gasteiger partial charge in [0.15, 0.2) is 0 Å². The van der Waals surface area contributed by atoms with Crippen LogP contribution in [-0.4, -0.2) is 63.8 Å². The minimum absolute atomic E-state index is 0.0995. The number of benzene rings is 1. The SMILES string of the molecule is CCOC(=O)N1[C@@H]2CC[C@H]1CC(CN1CC[C@H](n3c(=O)[nH]c4cc(F)c(C)cc43)C1)C2. The quantitative estimate of drug-likeness (QED) is 0.807. The Morgan fingerprint density at radius 1 is 1.19 bits per heavy atom. The van der Waals surface area contributed by atoms with Crippen molar-refractivity contribution in [2.45, 2.75) is 64.1 Å². The van der Waals surface area contributed by atoms with E-state index in [9.17, 15) is 14.0 Å². The Hall–Kier alpha value is -2.35. The molecule has 0 spiro atoms. The molecule has 1 aromatic heterocycles. The summed E-state index contributed by atoms with van der Waals surface area (Å²) in [4.78, 5) is 32.2. The summed E-state index contributed by atoms with van der Waals surface area (Å²) in [5, 5.41) is 0. The molecule has 1 N–H and O–H groups in total. The molecule has 0 radical (unpaired) electrons. The van der Waals surface area contributed by atoms with Crippen LogP contribution in [0.4, 0.5) is 9.18 Å². The fourth-order valence-electron chi connectivity index (χ4n) is 6.10. The molecule has 1 unspecified atom stereocenters. The number of hydrogen-bond acceptors (Lipinski definition) is 4. The van der Waals surface area contributed by atoms with E-state index in [-0.39, 0.29) is 23.6 Å². The molecule has 5 rings (SSSR count). The third-order valence-corrected chi connectivity index (χ3v) is 7.44. The maximum absolute atomic E-state index is 13.9. The molecule has 0 saturated carbocycles. The molecule has 4 heterocycles. The van der Waals surface area contributed by atoms with Crippen molar-refractivity contribution in [3.05, 3.63) is 34.0 Å². The molecule has 168 valence electrons. The van der Waals surface area contributed by atoms with Gasteiger partial charge in [-0.05, 0) is 69.6 Å². The number of nitrogens with one attached hydrogen (secondary N) is 1. The van der Waals surface area contributed by atoms with Gasteiger partial charge in [-0.25, -0.2) is 14.0 Å². The summed E-state index contributed by atoms with van der Waals surface area (Å²) in [6.07, 6.45) is 4.97. The van der Waals surface area contributed by atoms with Crippen molar-refractivity contribution in [1.82, 2.24) is 19.4 Å². The number of carbonyl (C=O) groups excluding carboxylic acids is 1. The summed E-state index contributed by atoms with van der Waals surface area (Å²) in [5.41, 5.74) is 1.75. The number of ether oxygens (including phenoxy) is 1. The smallest absolute Gasteiger partial charge is 0.410 e. The Kier molecular flexibility index (Phi) is 5.28. The molecule has 2 bridgehead atoms. The molecule has 3 aliphatic heterocycles. The highest BCUT2D eigenvalue weighted by Crippen LogP contribution is 2.40. The lowest BCUT2D eigenvalue weighted by Gasteiger charge is -2.39. The maximum Gasteiger partial charge on any atom is 0.410 e. The number of hydrogen-bond donors (Lipinski definition) is 1. The summed E-state index contributed by atoms with van der Waals surface area (Å²) < 4.78 is 21.0. The molecule has 4 atom stereocenters. The van der Waals surface area contributed by atoms with Gasteiger partial charge in [0.25, 0.3) is 0 Å². The number of carbonyl (C=O) groups is 1. The lowest BCUT2D eigenvalue weighted by Crippen LogP contribution is -2.48. The molecular weight excluding hydrogens is 399 g/mol. The number of aromatic amines is 1. The average molecular weight is 431 g/mol. The second kappa shape index (κ2) is 7.97. The van der Waals surface area contributed by atoms with Gasteiger partial charge in [0.2, 0.25) is 0 Å². The van der Waals surface area contributed by atoms with E-state index in [4.69, 9.17) is 4.74 Å². The van der Waals surface area contributed by atoms with Crippen LogP contribution in [0.1, 0.15) is 50.6 Å². The van der Waals surface area contributed by atoms with Gasteiger partial charge in [-0.1, -0.05) is 0 Å². The summed E-state index contributed by atoms with van der Waals surface area (Å²) in [7, 11) is 0. The topological polar surface area (TPSA) is 70.6 Å². The molecule has 7 nitrogen and oxygen atoms in total. The van der Waals surface area contributed by atoms with Gasteiger partial charge in [0, 0.05) is 31.7 Å². The predicted octanol–water partition coefficient (Wildman–Crippen LogP) is 3.42. The van der Waals surface area contributed by atoms with Gasteiger partial charge in [-0.3, -0.25) is 4.57 Å². The van der Waals surface area contributed by atoms with Gasteiger partial charge in [0.05, 0.1) is 23.7 Å². The van der Waals surface area contributed by atoms with E-state index in [1.807, 2.05) is 16.4 Å². The summed E-state index contributed by atoms with van der Waals surface area (Å²) in [6.45, 7) is 6.80. The normalized spacial score (nSPS) is 28.5. The first kappa shape index (κ1) is 20.5. The highest BCUT2D eigenvalue weighted by molar-refractivity contribution is 5.76. The van der Waals surface area contributed by atoms with E-state index in [1.165, 1.54) is 6.07 Å². The van der Waals surface area contributed by atoms with E-state index in [2.05, 4.69) is 9.88 Å². The summed E-state index contributed by atoms with van der Waals surface area (Å²) in [5.74, 6) is 0.274. The van der Waals surface area contributed by atoms with Crippen LogP contribution >= 0.6 is 0 Å². The van der Waals surface area contributed by atoms with E-state index < -0.39 is 0 Å². The minimum atomic E-state index is -0.294. The van der Waals surface area contributed by atoms with Crippen molar-refractivity contribution in [3.8, 4) is 0 Å². The number of halogens is 1.